The van der Waals surface area contributed by atoms with Gasteiger partial charge in [-0.15, -0.1) is 0 Å². The molecule has 0 aliphatic heterocycles. The molecule has 10 aromatic rings. The first-order valence-electron chi connectivity index (χ1n) is 19.7. The predicted molar refractivity (Wildman–Crippen MR) is 237 cm³/mol. The number of para-hydroxylation sites is 1. The van der Waals surface area contributed by atoms with Crippen LogP contribution in [0, 0.1) is 0 Å². The summed E-state index contributed by atoms with van der Waals surface area (Å²) >= 11 is 0. The molecule has 1 aliphatic carbocycles. The molecular formula is C54H37N3O. The minimum atomic E-state index is -0.0511. The van der Waals surface area contributed by atoms with Crippen LogP contribution in [0.3, 0.4) is 0 Å². The van der Waals surface area contributed by atoms with Crippen LogP contribution in [0.5, 0.6) is 0 Å². The van der Waals surface area contributed by atoms with Gasteiger partial charge in [0.15, 0.2) is 5.82 Å². The van der Waals surface area contributed by atoms with Crippen LogP contribution in [0.2, 0.25) is 0 Å². The Kier molecular flexibility index (Phi) is 7.80. The minimum Gasteiger partial charge on any atom is -0.456 e. The second-order valence-corrected chi connectivity index (χ2v) is 15.7. The van der Waals surface area contributed by atoms with Gasteiger partial charge < -0.3 is 4.42 Å². The minimum absolute atomic E-state index is 0.0511. The molecule has 274 valence electrons. The molecule has 0 N–H and O–H groups in total. The van der Waals surface area contributed by atoms with Gasteiger partial charge in [0.05, 0.1) is 11.4 Å². The molecule has 4 nitrogen and oxygen atoms in total. The van der Waals surface area contributed by atoms with Gasteiger partial charge in [0, 0.05) is 50.8 Å². The quantitative estimate of drug-likeness (QED) is 0.170. The number of pyridine rings is 1. The fourth-order valence-electron chi connectivity index (χ4n) is 8.70. The average molecular weight is 744 g/mol. The Balaban J connectivity index is 0.970. The topological polar surface area (TPSA) is 51.8 Å². The van der Waals surface area contributed by atoms with Crippen molar-refractivity contribution in [2.24, 2.45) is 0 Å². The maximum absolute atomic E-state index is 6.09. The van der Waals surface area contributed by atoms with E-state index in [1.807, 2.05) is 24.4 Å². The van der Waals surface area contributed by atoms with Gasteiger partial charge >= 0.3 is 0 Å². The molecule has 0 spiro atoms. The van der Waals surface area contributed by atoms with E-state index in [9.17, 15) is 0 Å². The second kappa shape index (κ2) is 13.4. The molecule has 0 radical (unpaired) electrons. The van der Waals surface area contributed by atoms with E-state index in [2.05, 4.69) is 177 Å². The lowest BCUT2D eigenvalue weighted by atomic mass is 9.81. The largest absolute Gasteiger partial charge is 0.456 e. The highest BCUT2D eigenvalue weighted by Crippen LogP contribution is 2.49. The molecule has 0 bridgehead atoms. The normalized spacial score (nSPS) is 12.8. The third-order valence-corrected chi connectivity index (χ3v) is 11.8. The summed E-state index contributed by atoms with van der Waals surface area (Å²) in [4.78, 5) is 14.8. The van der Waals surface area contributed by atoms with Gasteiger partial charge in [-0.2, -0.15) is 0 Å². The van der Waals surface area contributed by atoms with Gasteiger partial charge in [-0.05, 0) is 92.5 Å². The van der Waals surface area contributed by atoms with Crippen molar-refractivity contribution >= 4 is 21.9 Å². The predicted octanol–water partition coefficient (Wildman–Crippen LogP) is 14.1. The average Bonchev–Trinajstić information content (AvgIpc) is 3.77. The molecule has 7 aromatic carbocycles. The summed E-state index contributed by atoms with van der Waals surface area (Å²) in [6, 6.07) is 62.3. The van der Waals surface area contributed by atoms with Gasteiger partial charge in [-0.25, -0.2) is 9.97 Å². The van der Waals surface area contributed by atoms with E-state index in [4.69, 9.17) is 14.4 Å². The molecule has 1 aliphatic rings. The smallest absolute Gasteiger partial charge is 0.160 e. The van der Waals surface area contributed by atoms with Crippen LogP contribution < -0.4 is 0 Å². The first kappa shape index (κ1) is 33.9. The summed E-state index contributed by atoms with van der Waals surface area (Å²) < 4.78 is 6.09. The number of fused-ring (bicyclic) bond motifs is 6. The maximum Gasteiger partial charge on any atom is 0.160 e. The first-order valence-corrected chi connectivity index (χ1v) is 19.7. The Morgan fingerprint density at radius 3 is 1.74 bits per heavy atom. The van der Waals surface area contributed by atoms with E-state index in [1.54, 1.807) is 6.20 Å². The van der Waals surface area contributed by atoms with Gasteiger partial charge in [-0.3, -0.25) is 4.98 Å². The van der Waals surface area contributed by atoms with Crippen molar-refractivity contribution in [3.05, 3.63) is 199 Å². The molecule has 3 aromatic heterocycles. The Labute approximate surface area is 337 Å². The van der Waals surface area contributed by atoms with Gasteiger partial charge in [0.1, 0.15) is 11.2 Å². The van der Waals surface area contributed by atoms with Crippen LogP contribution in [0.1, 0.15) is 25.0 Å². The third kappa shape index (κ3) is 5.72. The Morgan fingerprint density at radius 2 is 0.983 bits per heavy atom. The number of nitrogens with zero attached hydrogens (tertiary/aromatic N) is 3. The van der Waals surface area contributed by atoms with Gasteiger partial charge in [0.25, 0.3) is 0 Å². The van der Waals surface area contributed by atoms with Crippen molar-refractivity contribution in [2.45, 2.75) is 19.3 Å². The molecule has 4 heteroatoms. The highest BCUT2D eigenvalue weighted by molar-refractivity contribution is 6.06. The van der Waals surface area contributed by atoms with Gasteiger partial charge in [0.2, 0.25) is 0 Å². The van der Waals surface area contributed by atoms with Crippen molar-refractivity contribution in [3.63, 3.8) is 0 Å². The van der Waals surface area contributed by atoms with Crippen LogP contribution in [-0.2, 0) is 5.41 Å². The van der Waals surface area contributed by atoms with Crippen molar-refractivity contribution in [1.29, 1.82) is 0 Å². The van der Waals surface area contributed by atoms with E-state index in [1.165, 1.54) is 33.4 Å². The molecule has 0 fully saturated rings. The van der Waals surface area contributed by atoms with Crippen molar-refractivity contribution in [1.82, 2.24) is 15.0 Å². The van der Waals surface area contributed by atoms with Crippen LogP contribution in [0.25, 0.3) is 100 Å². The number of benzene rings is 7. The number of furan rings is 1. The van der Waals surface area contributed by atoms with E-state index in [0.29, 0.717) is 5.82 Å². The van der Waals surface area contributed by atoms with E-state index in [0.717, 1.165) is 72.3 Å². The zero-order valence-corrected chi connectivity index (χ0v) is 32.1. The van der Waals surface area contributed by atoms with E-state index in [-0.39, 0.29) is 5.41 Å². The van der Waals surface area contributed by atoms with Gasteiger partial charge in [-0.1, -0.05) is 147 Å². The van der Waals surface area contributed by atoms with Crippen LogP contribution in [-0.4, -0.2) is 15.0 Å². The number of hydrogen-bond acceptors (Lipinski definition) is 4. The summed E-state index contributed by atoms with van der Waals surface area (Å²) in [6.07, 6.45) is 3.68. The standard InChI is InChI=1S/C54H37N3O/c1-54(2)47-14-5-3-12-43(47)44-26-24-40(31-48(44)54)35-18-22-37(23-19-35)50-32-49(56-53(57-50)41-10-7-9-38(29-41)42-11-8-28-55-33-42)36-20-16-34(17-21-36)39-25-27-52-46(30-39)45-13-4-6-15-51(45)58-52/h3-33H,1-2H3. The maximum atomic E-state index is 6.09. The lowest BCUT2D eigenvalue weighted by Crippen LogP contribution is -2.14. The lowest BCUT2D eigenvalue weighted by Gasteiger charge is -2.22. The zero-order chi connectivity index (χ0) is 38.8. The summed E-state index contributed by atoms with van der Waals surface area (Å²) in [5.41, 5.74) is 18.7. The van der Waals surface area contributed by atoms with Crippen molar-refractivity contribution < 1.29 is 4.42 Å². The Morgan fingerprint density at radius 1 is 0.397 bits per heavy atom. The highest BCUT2D eigenvalue weighted by Gasteiger charge is 2.35. The third-order valence-electron chi connectivity index (χ3n) is 11.8. The Bertz CT molecular complexity index is 3180. The molecule has 0 amide bonds. The molecule has 58 heavy (non-hydrogen) atoms. The molecule has 0 saturated carbocycles. The molecular weight excluding hydrogens is 707 g/mol. The zero-order valence-electron chi connectivity index (χ0n) is 32.1. The summed E-state index contributed by atoms with van der Waals surface area (Å²) in [5, 5.41) is 2.24. The fraction of sp³-hybridized carbons (Fsp3) is 0.0556. The van der Waals surface area contributed by atoms with Crippen LogP contribution in [0.15, 0.2) is 193 Å². The van der Waals surface area contributed by atoms with Crippen LogP contribution in [0.4, 0.5) is 0 Å². The second-order valence-electron chi connectivity index (χ2n) is 15.7. The summed E-state index contributed by atoms with van der Waals surface area (Å²) in [6.45, 7) is 4.66. The summed E-state index contributed by atoms with van der Waals surface area (Å²) in [7, 11) is 0. The summed E-state index contributed by atoms with van der Waals surface area (Å²) in [5.74, 6) is 0.670. The highest BCUT2D eigenvalue weighted by atomic mass is 16.3. The van der Waals surface area contributed by atoms with E-state index >= 15 is 0 Å². The number of rotatable bonds is 6. The first-order chi connectivity index (χ1) is 28.5. The Hall–Kier alpha value is -7.43. The molecule has 0 atom stereocenters. The SMILES string of the molecule is CC1(C)c2ccccc2-c2ccc(-c3ccc(-c4cc(-c5ccc(-c6ccc7oc8ccccc8c7c6)cc5)nc(-c5cccc(-c6cccnc6)c5)n4)cc3)cc21. The fourth-order valence-corrected chi connectivity index (χ4v) is 8.70. The van der Waals surface area contributed by atoms with E-state index < -0.39 is 0 Å². The number of aromatic nitrogens is 3. The molecule has 3 heterocycles. The van der Waals surface area contributed by atoms with Crippen LogP contribution >= 0.6 is 0 Å². The number of hydrogen-bond donors (Lipinski definition) is 0. The van der Waals surface area contributed by atoms with Crippen molar-refractivity contribution in [3.8, 4) is 78.4 Å². The lowest BCUT2D eigenvalue weighted by molar-refractivity contribution is 0.660. The molecule has 11 rings (SSSR count). The molecule has 0 saturated heterocycles. The van der Waals surface area contributed by atoms with Crippen molar-refractivity contribution in [2.75, 3.05) is 0 Å². The monoisotopic (exact) mass is 743 g/mol. The molecule has 0 unspecified atom stereocenters.